The van der Waals surface area contributed by atoms with Gasteiger partial charge in [-0.15, -0.1) is 0 Å². The Bertz CT molecular complexity index is 517. The second-order valence-electron chi connectivity index (χ2n) is 5.49. The van der Waals surface area contributed by atoms with Crippen molar-refractivity contribution in [3.8, 4) is 11.8 Å². The molecule has 1 aromatic rings. The highest BCUT2D eigenvalue weighted by atomic mass is 16.5. The van der Waals surface area contributed by atoms with E-state index in [4.69, 9.17) is 20.5 Å². The van der Waals surface area contributed by atoms with E-state index in [1.165, 1.54) is 6.42 Å². The van der Waals surface area contributed by atoms with Crippen molar-refractivity contribution < 1.29 is 9.47 Å². The lowest BCUT2D eigenvalue weighted by Gasteiger charge is -2.46. The summed E-state index contributed by atoms with van der Waals surface area (Å²) in [6.45, 7) is 0.752. The summed E-state index contributed by atoms with van der Waals surface area (Å²) in [6.07, 6.45) is 5.49. The number of benzene rings is 1. The van der Waals surface area contributed by atoms with Crippen LogP contribution in [-0.2, 0) is 4.74 Å². The minimum absolute atomic E-state index is 0.0591. The highest BCUT2D eigenvalue weighted by Crippen LogP contribution is 2.43. The van der Waals surface area contributed by atoms with Crippen LogP contribution in [0.3, 0.4) is 0 Å². The van der Waals surface area contributed by atoms with Crippen molar-refractivity contribution in [2.24, 2.45) is 0 Å². The van der Waals surface area contributed by atoms with Crippen LogP contribution in [-0.4, -0.2) is 18.3 Å². The van der Waals surface area contributed by atoms with Crippen molar-refractivity contribution in [2.45, 2.75) is 43.8 Å². The Kier molecular flexibility index (Phi) is 3.08. The Morgan fingerprint density at radius 1 is 1.42 bits per heavy atom. The van der Waals surface area contributed by atoms with Crippen molar-refractivity contribution in [1.82, 2.24) is 0 Å². The topological polar surface area (TPSA) is 68.3 Å². The lowest BCUT2D eigenvalue weighted by molar-refractivity contribution is -0.153. The lowest BCUT2D eigenvalue weighted by atomic mass is 9.74. The van der Waals surface area contributed by atoms with Crippen LogP contribution in [0.4, 0.5) is 5.69 Å². The zero-order valence-corrected chi connectivity index (χ0v) is 10.9. The van der Waals surface area contributed by atoms with Gasteiger partial charge >= 0.3 is 0 Å². The first kappa shape index (κ1) is 12.3. The number of nitriles is 1. The van der Waals surface area contributed by atoms with Crippen molar-refractivity contribution in [2.75, 3.05) is 12.3 Å². The number of hydrogen-bond acceptors (Lipinski definition) is 4. The normalized spacial score (nSPS) is 24.5. The summed E-state index contributed by atoms with van der Waals surface area (Å²) in [5.41, 5.74) is 6.84. The standard InChI is InChI=1S/C15H18N2O2/c16-10-11-8-12(17)2-3-14(11)19-13-4-7-18-15(9-13)5-1-6-15/h2-3,8,13H,1,4-7,9,17H2. The predicted octanol–water partition coefficient (Wildman–Crippen LogP) is 2.62. The van der Waals surface area contributed by atoms with Gasteiger partial charge in [0, 0.05) is 18.5 Å². The maximum absolute atomic E-state index is 9.12. The van der Waals surface area contributed by atoms with Gasteiger partial charge in [-0.3, -0.25) is 0 Å². The maximum atomic E-state index is 9.12. The van der Waals surface area contributed by atoms with E-state index in [0.717, 1.165) is 32.3 Å². The molecule has 2 fully saturated rings. The van der Waals surface area contributed by atoms with Gasteiger partial charge in [0.25, 0.3) is 0 Å². The minimum Gasteiger partial charge on any atom is -0.489 e. The van der Waals surface area contributed by atoms with Crippen molar-refractivity contribution in [3.63, 3.8) is 0 Å². The second-order valence-corrected chi connectivity index (χ2v) is 5.49. The molecule has 19 heavy (non-hydrogen) atoms. The van der Waals surface area contributed by atoms with Gasteiger partial charge in [0.2, 0.25) is 0 Å². The third-order valence-corrected chi connectivity index (χ3v) is 4.13. The molecule has 1 saturated carbocycles. The Morgan fingerprint density at radius 2 is 2.26 bits per heavy atom. The van der Waals surface area contributed by atoms with Gasteiger partial charge < -0.3 is 15.2 Å². The molecule has 1 atom stereocenters. The average molecular weight is 258 g/mol. The van der Waals surface area contributed by atoms with E-state index in [1.54, 1.807) is 18.2 Å². The molecular weight excluding hydrogens is 240 g/mol. The molecule has 0 amide bonds. The fourth-order valence-electron chi connectivity index (χ4n) is 2.92. The summed E-state index contributed by atoms with van der Waals surface area (Å²) >= 11 is 0. The molecule has 1 heterocycles. The van der Waals surface area contributed by atoms with E-state index in [1.807, 2.05) is 0 Å². The van der Waals surface area contributed by atoms with Crippen LogP contribution in [0.5, 0.6) is 5.75 Å². The number of nitrogens with two attached hydrogens (primary N) is 1. The molecule has 4 nitrogen and oxygen atoms in total. The van der Waals surface area contributed by atoms with Gasteiger partial charge in [-0.2, -0.15) is 5.26 Å². The molecule has 0 aromatic heterocycles. The van der Waals surface area contributed by atoms with Gasteiger partial charge in [0.1, 0.15) is 17.9 Å². The summed E-state index contributed by atoms with van der Waals surface area (Å²) < 4.78 is 11.9. The minimum atomic E-state index is 0.0591. The SMILES string of the molecule is N#Cc1cc(N)ccc1OC1CCOC2(CCC2)C1. The summed E-state index contributed by atoms with van der Waals surface area (Å²) in [5, 5.41) is 9.12. The van der Waals surface area contributed by atoms with Crippen LogP contribution in [0.25, 0.3) is 0 Å². The third-order valence-electron chi connectivity index (χ3n) is 4.13. The zero-order valence-electron chi connectivity index (χ0n) is 10.9. The summed E-state index contributed by atoms with van der Waals surface area (Å²) in [6, 6.07) is 7.36. The number of nitrogen functional groups attached to an aromatic ring is 1. The molecule has 1 saturated heterocycles. The molecule has 2 aliphatic rings. The molecular formula is C15H18N2O2. The molecule has 100 valence electrons. The highest BCUT2D eigenvalue weighted by Gasteiger charge is 2.43. The van der Waals surface area contributed by atoms with Crippen molar-refractivity contribution in [3.05, 3.63) is 23.8 Å². The van der Waals surface area contributed by atoms with E-state index >= 15 is 0 Å². The van der Waals surface area contributed by atoms with Crippen LogP contribution >= 0.6 is 0 Å². The van der Waals surface area contributed by atoms with Crippen molar-refractivity contribution in [1.29, 1.82) is 5.26 Å². The van der Waals surface area contributed by atoms with E-state index in [2.05, 4.69) is 6.07 Å². The molecule has 1 aliphatic carbocycles. The molecule has 1 aliphatic heterocycles. The molecule has 3 rings (SSSR count). The fraction of sp³-hybridized carbons (Fsp3) is 0.533. The molecule has 1 aromatic carbocycles. The average Bonchev–Trinajstić information content (AvgIpc) is 2.39. The first-order chi connectivity index (χ1) is 9.21. The molecule has 2 N–H and O–H groups in total. The summed E-state index contributed by atoms with van der Waals surface area (Å²) in [4.78, 5) is 0. The Labute approximate surface area is 113 Å². The smallest absolute Gasteiger partial charge is 0.137 e. The van der Waals surface area contributed by atoms with Crippen LogP contribution in [0.15, 0.2) is 18.2 Å². The third kappa shape index (κ3) is 2.39. The number of rotatable bonds is 2. The van der Waals surface area contributed by atoms with Gasteiger partial charge in [0.05, 0.1) is 17.8 Å². The molecule has 1 unspecified atom stereocenters. The summed E-state index contributed by atoms with van der Waals surface area (Å²) in [5.74, 6) is 0.637. The highest BCUT2D eigenvalue weighted by molar-refractivity contribution is 5.53. The summed E-state index contributed by atoms with van der Waals surface area (Å²) in [7, 11) is 0. The van der Waals surface area contributed by atoms with Crippen LogP contribution in [0, 0.1) is 11.3 Å². The van der Waals surface area contributed by atoms with E-state index in [0.29, 0.717) is 17.0 Å². The first-order valence-electron chi connectivity index (χ1n) is 6.81. The molecule has 0 bridgehead atoms. The maximum Gasteiger partial charge on any atom is 0.137 e. The largest absolute Gasteiger partial charge is 0.489 e. The quantitative estimate of drug-likeness (QED) is 0.828. The number of hydrogen-bond donors (Lipinski definition) is 1. The Balaban J connectivity index is 1.73. The van der Waals surface area contributed by atoms with E-state index in [9.17, 15) is 0 Å². The van der Waals surface area contributed by atoms with Gasteiger partial charge in [-0.25, -0.2) is 0 Å². The lowest BCUT2D eigenvalue weighted by Crippen LogP contribution is -2.48. The Hall–Kier alpha value is -1.73. The monoisotopic (exact) mass is 258 g/mol. The van der Waals surface area contributed by atoms with Gasteiger partial charge in [0.15, 0.2) is 0 Å². The van der Waals surface area contributed by atoms with Crippen molar-refractivity contribution >= 4 is 5.69 Å². The van der Waals surface area contributed by atoms with Crippen LogP contribution in [0.2, 0.25) is 0 Å². The molecule has 0 radical (unpaired) electrons. The number of anilines is 1. The zero-order chi connectivity index (χ0) is 13.3. The van der Waals surface area contributed by atoms with E-state index in [-0.39, 0.29) is 11.7 Å². The first-order valence-corrected chi connectivity index (χ1v) is 6.81. The van der Waals surface area contributed by atoms with Gasteiger partial charge in [-0.05, 0) is 37.5 Å². The molecule has 1 spiro atoms. The van der Waals surface area contributed by atoms with E-state index < -0.39 is 0 Å². The second kappa shape index (κ2) is 4.75. The molecule has 4 heteroatoms. The Morgan fingerprint density at radius 3 is 2.95 bits per heavy atom. The van der Waals surface area contributed by atoms with Crippen LogP contribution < -0.4 is 10.5 Å². The van der Waals surface area contributed by atoms with Crippen LogP contribution in [0.1, 0.15) is 37.7 Å². The number of nitrogens with zero attached hydrogens (tertiary/aromatic N) is 1. The fourth-order valence-corrected chi connectivity index (χ4v) is 2.92. The predicted molar refractivity (Wildman–Crippen MR) is 71.8 cm³/mol. The van der Waals surface area contributed by atoms with Gasteiger partial charge in [-0.1, -0.05) is 0 Å². The number of ether oxygens (including phenoxy) is 2.